The quantitative estimate of drug-likeness (QED) is 0.746. The molecule has 1 aromatic heterocycles. The lowest BCUT2D eigenvalue weighted by atomic mass is 10.1. The molecule has 0 fully saturated rings. The molecule has 23 heavy (non-hydrogen) atoms. The normalized spacial score (nSPS) is 11.8. The molecule has 0 atom stereocenters. The van der Waals surface area contributed by atoms with Crippen molar-refractivity contribution < 1.29 is 18.0 Å². The van der Waals surface area contributed by atoms with Crippen LogP contribution in [0.3, 0.4) is 0 Å². The van der Waals surface area contributed by atoms with E-state index in [1.807, 2.05) is 12.1 Å². The van der Waals surface area contributed by atoms with Crippen molar-refractivity contribution in [3.63, 3.8) is 0 Å². The van der Waals surface area contributed by atoms with Gasteiger partial charge < -0.3 is 5.73 Å². The van der Waals surface area contributed by atoms with Gasteiger partial charge in [0.05, 0.1) is 11.1 Å². The number of fused-ring (bicyclic) bond motifs is 1. The molecule has 118 valence electrons. The Morgan fingerprint density at radius 3 is 2.52 bits per heavy atom. The highest BCUT2D eigenvalue weighted by Gasteiger charge is 2.30. The number of primary amides is 1. The number of hydrogen-bond donors (Lipinski definition) is 1. The summed E-state index contributed by atoms with van der Waals surface area (Å²) >= 11 is 1.38. The molecule has 1 heterocycles. The van der Waals surface area contributed by atoms with E-state index < -0.39 is 17.6 Å². The molecule has 0 saturated carbocycles. The second kappa shape index (κ2) is 5.70. The Kier molecular flexibility index (Phi) is 3.85. The number of halogens is 3. The van der Waals surface area contributed by atoms with Gasteiger partial charge in [0.15, 0.2) is 0 Å². The highest BCUT2D eigenvalue weighted by Crippen LogP contribution is 2.32. The minimum Gasteiger partial charge on any atom is -0.366 e. The van der Waals surface area contributed by atoms with Gasteiger partial charge in [-0.05, 0) is 29.1 Å². The van der Waals surface area contributed by atoms with Gasteiger partial charge in [-0.3, -0.25) is 4.79 Å². The van der Waals surface area contributed by atoms with E-state index in [0.29, 0.717) is 17.5 Å². The number of hydrogen-bond acceptors (Lipinski definition) is 2. The standard InChI is InChI=1S/C17H12F3NOS/c18-17(19,20)12-5-1-3-10(7-12)8-13-9-11-4-2-6-14(16(21)22)15(11)23-13/h1-7,9H,8H2,(H2,21,22). The van der Waals surface area contributed by atoms with E-state index >= 15 is 0 Å². The van der Waals surface area contributed by atoms with Crippen molar-refractivity contribution in [1.82, 2.24) is 0 Å². The monoisotopic (exact) mass is 335 g/mol. The Morgan fingerprint density at radius 1 is 1.09 bits per heavy atom. The smallest absolute Gasteiger partial charge is 0.366 e. The summed E-state index contributed by atoms with van der Waals surface area (Å²) in [5, 5.41) is 0.869. The van der Waals surface area contributed by atoms with Gasteiger partial charge in [0, 0.05) is 16.0 Å². The first-order chi connectivity index (χ1) is 10.8. The Morgan fingerprint density at radius 2 is 1.83 bits per heavy atom. The molecule has 0 aliphatic rings. The maximum atomic E-state index is 12.8. The van der Waals surface area contributed by atoms with Gasteiger partial charge in [0.25, 0.3) is 0 Å². The Labute approximate surface area is 134 Å². The summed E-state index contributed by atoms with van der Waals surface area (Å²) in [5.74, 6) is -0.511. The van der Waals surface area contributed by atoms with Crippen LogP contribution in [-0.4, -0.2) is 5.91 Å². The fraction of sp³-hybridized carbons (Fsp3) is 0.118. The highest BCUT2D eigenvalue weighted by molar-refractivity contribution is 7.19. The van der Waals surface area contributed by atoms with Crippen molar-refractivity contribution in [2.24, 2.45) is 5.73 Å². The van der Waals surface area contributed by atoms with Crippen molar-refractivity contribution in [2.45, 2.75) is 12.6 Å². The lowest BCUT2D eigenvalue weighted by Gasteiger charge is -2.08. The zero-order chi connectivity index (χ0) is 16.6. The van der Waals surface area contributed by atoms with E-state index in [0.717, 1.165) is 27.1 Å². The van der Waals surface area contributed by atoms with Crippen molar-refractivity contribution in [2.75, 3.05) is 0 Å². The van der Waals surface area contributed by atoms with Crippen molar-refractivity contribution in [3.05, 3.63) is 70.1 Å². The number of amides is 1. The molecule has 0 saturated heterocycles. The molecule has 2 aromatic carbocycles. The molecule has 0 unspecified atom stereocenters. The van der Waals surface area contributed by atoms with Gasteiger partial charge >= 0.3 is 6.18 Å². The summed E-state index contributed by atoms with van der Waals surface area (Å²) in [6.07, 6.45) is -3.98. The van der Waals surface area contributed by atoms with Gasteiger partial charge in [-0.25, -0.2) is 0 Å². The van der Waals surface area contributed by atoms with Crippen LogP contribution in [0.4, 0.5) is 13.2 Å². The van der Waals surface area contributed by atoms with Gasteiger partial charge in [-0.1, -0.05) is 30.3 Å². The topological polar surface area (TPSA) is 43.1 Å². The summed E-state index contributed by atoms with van der Waals surface area (Å²) in [6.45, 7) is 0. The molecule has 3 aromatic rings. The maximum absolute atomic E-state index is 12.8. The van der Waals surface area contributed by atoms with Crippen molar-refractivity contribution in [1.29, 1.82) is 0 Å². The molecular formula is C17H12F3NOS. The van der Waals surface area contributed by atoms with Gasteiger partial charge in [-0.2, -0.15) is 13.2 Å². The van der Waals surface area contributed by atoms with Crippen LogP contribution in [0.15, 0.2) is 48.5 Å². The molecule has 0 spiro atoms. The average molecular weight is 335 g/mol. The Balaban J connectivity index is 1.96. The fourth-order valence-electron chi connectivity index (χ4n) is 2.46. The third-order valence-corrected chi connectivity index (χ3v) is 4.68. The molecule has 0 bridgehead atoms. The lowest BCUT2D eigenvalue weighted by Crippen LogP contribution is -2.10. The largest absolute Gasteiger partial charge is 0.416 e. The summed E-state index contributed by atoms with van der Waals surface area (Å²) in [5.41, 5.74) is 5.70. The van der Waals surface area contributed by atoms with E-state index in [2.05, 4.69) is 0 Å². The number of nitrogens with two attached hydrogens (primary N) is 1. The number of carbonyl (C=O) groups is 1. The van der Waals surface area contributed by atoms with Crippen molar-refractivity contribution >= 4 is 27.3 Å². The first-order valence-electron chi connectivity index (χ1n) is 6.82. The Bertz CT molecular complexity index is 883. The van der Waals surface area contributed by atoms with E-state index in [1.165, 1.54) is 17.4 Å². The lowest BCUT2D eigenvalue weighted by molar-refractivity contribution is -0.137. The minimum atomic E-state index is -4.35. The van der Waals surface area contributed by atoms with Crippen LogP contribution in [0.5, 0.6) is 0 Å². The average Bonchev–Trinajstić information content (AvgIpc) is 2.88. The molecule has 0 aliphatic carbocycles. The van der Waals surface area contributed by atoms with Gasteiger partial charge in [0.1, 0.15) is 0 Å². The van der Waals surface area contributed by atoms with Crippen LogP contribution in [0.2, 0.25) is 0 Å². The number of benzene rings is 2. The number of rotatable bonds is 3. The van der Waals surface area contributed by atoms with Gasteiger partial charge in [-0.15, -0.1) is 11.3 Å². The summed E-state index contributed by atoms with van der Waals surface area (Å²) in [4.78, 5) is 12.3. The fourth-order valence-corrected chi connectivity index (χ4v) is 3.67. The van der Waals surface area contributed by atoms with E-state index in [-0.39, 0.29) is 0 Å². The summed E-state index contributed by atoms with van der Waals surface area (Å²) < 4.78 is 39.1. The summed E-state index contributed by atoms with van der Waals surface area (Å²) in [7, 11) is 0. The molecule has 2 N–H and O–H groups in total. The number of thiophene rings is 1. The van der Waals surface area contributed by atoms with E-state index in [1.54, 1.807) is 18.2 Å². The zero-order valence-electron chi connectivity index (χ0n) is 11.9. The highest BCUT2D eigenvalue weighted by atomic mass is 32.1. The van der Waals surface area contributed by atoms with Crippen LogP contribution in [0, 0.1) is 0 Å². The number of alkyl halides is 3. The zero-order valence-corrected chi connectivity index (χ0v) is 12.7. The third kappa shape index (κ3) is 3.22. The molecule has 0 radical (unpaired) electrons. The first kappa shape index (κ1) is 15.6. The molecule has 1 amide bonds. The molecule has 6 heteroatoms. The second-order valence-corrected chi connectivity index (χ2v) is 6.31. The molecular weight excluding hydrogens is 323 g/mol. The maximum Gasteiger partial charge on any atom is 0.416 e. The van der Waals surface area contributed by atoms with Crippen LogP contribution in [0.25, 0.3) is 10.1 Å². The Hall–Kier alpha value is -2.34. The summed E-state index contributed by atoms with van der Waals surface area (Å²) in [6, 6.07) is 12.4. The van der Waals surface area contributed by atoms with Crippen LogP contribution in [0.1, 0.15) is 26.4 Å². The predicted octanol–water partition coefficient (Wildman–Crippen LogP) is 4.61. The first-order valence-corrected chi connectivity index (χ1v) is 7.63. The molecule has 2 nitrogen and oxygen atoms in total. The molecule has 3 rings (SSSR count). The predicted molar refractivity (Wildman–Crippen MR) is 84.6 cm³/mol. The SMILES string of the molecule is NC(=O)c1cccc2cc(Cc3cccc(C(F)(F)F)c3)sc12. The van der Waals surface area contributed by atoms with Crippen LogP contribution < -0.4 is 5.73 Å². The molecule has 0 aliphatic heterocycles. The van der Waals surface area contributed by atoms with Crippen LogP contribution >= 0.6 is 11.3 Å². The third-order valence-electron chi connectivity index (χ3n) is 3.49. The minimum absolute atomic E-state index is 0.376. The van der Waals surface area contributed by atoms with E-state index in [9.17, 15) is 18.0 Å². The van der Waals surface area contributed by atoms with Crippen molar-refractivity contribution in [3.8, 4) is 0 Å². The van der Waals surface area contributed by atoms with E-state index in [4.69, 9.17) is 5.73 Å². The number of carbonyl (C=O) groups excluding carboxylic acids is 1. The van der Waals surface area contributed by atoms with Gasteiger partial charge in [0.2, 0.25) is 5.91 Å². The van der Waals surface area contributed by atoms with Crippen LogP contribution in [-0.2, 0) is 12.6 Å². The second-order valence-electron chi connectivity index (χ2n) is 5.18.